The molecule has 162 valence electrons. The molecule has 4 amide bonds. The quantitative estimate of drug-likeness (QED) is 0.219. The van der Waals surface area contributed by atoms with Gasteiger partial charge < -0.3 is 15.6 Å². The fourth-order valence-corrected chi connectivity index (χ4v) is 1.89. The minimum atomic E-state index is -1.36. The summed E-state index contributed by atoms with van der Waals surface area (Å²) in [5.74, 6) is -4.82. The average Bonchev–Trinajstić information content (AvgIpc) is 3.43. The molecule has 3 heterocycles. The van der Waals surface area contributed by atoms with Crippen LogP contribution in [0.3, 0.4) is 0 Å². The molecule has 0 spiro atoms. The molecule has 0 radical (unpaired) electrons. The molecule has 3 aromatic rings. The monoisotopic (exact) mass is 440 g/mol. The summed E-state index contributed by atoms with van der Waals surface area (Å²) in [4.78, 5) is 47.2. The number of carbonyl (C=O) groups is 4. The van der Waals surface area contributed by atoms with E-state index in [0.717, 1.165) is 0 Å². The highest BCUT2D eigenvalue weighted by Crippen LogP contribution is 2.01. The Labute approximate surface area is 166 Å². The molecule has 0 saturated heterocycles. The molecule has 0 saturated carbocycles. The summed E-state index contributed by atoms with van der Waals surface area (Å²) >= 11 is 0. The third-order valence-corrected chi connectivity index (χ3v) is 3.34. The van der Waals surface area contributed by atoms with Gasteiger partial charge in [0.25, 0.3) is 5.69 Å². The smallest absolute Gasteiger partial charge is 0.321 e. The van der Waals surface area contributed by atoms with Gasteiger partial charge in [0.1, 0.15) is 0 Å². The van der Waals surface area contributed by atoms with Crippen LogP contribution >= 0.6 is 0 Å². The Bertz CT molecular complexity index is 1180. The van der Waals surface area contributed by atoms with Crippen LogP contribution in [0, 0.1) is 22.5 Å². The number of nitrogens with one attached hydrogen (secondary N) is 4. The van der Waals surface area contributed by atoms with Gasteiger partial charge in [0, 0.05) is 6.92 Å². The first-order valence-electron chi connectivity index (χ1n) is 7.62. The van der Waals surface area contributed by atoms with Crippen LogP contribution in [0.15, 0.2) is 20.1 Å². The second kappa shape index (κ2) is 7.98. The number of hydrogen-bond donors (Lipinski definition) is 4. The molecular formula is C11H8N10O10. The number of aromatic nitrogens is 6. The highest BCUT2D eigenvalue weighted by atomic mass is 16.8. The zero-order chi connectivity index (χ0) is 22.7. The summed E-state index contributed by atoms with van der Waals surface area (Å²) < 4.78 is 12.4. The number of hydrogen-bond acceptors (Lipinski definition) is 13. The van der Waals surface area contributed by atoms with Gasteiger partial charge in [-0.1, -0.05) is 0 Å². The van der Waals surface area contributed by atoms with E-state index in [1.807, 2.05) is 5.43 Å². The van der Waals surface area contributed by atoms with Crippen LogP contribution in [0.1, 0.15) is 47.6 Å². The summed E-state index contributed by atoms with van der Waals surface area (Å²) in [6.45, 7) is 1.21. The summed E-state index contributed by atoms with van der Waals surface area (Å²) in [6.07, 6.45) is 0.640. The third-order valence-electron chi connectivity index (χ3n) is 3.34. The number of carbonyl (C=O) groups excluding carboxylic acids is 4. The van der Waals surface area contributed by atoms with Crippen LogP contribution in [-0.2, 0) is 0 Å². The van der Waals surface area contributed by atoms with E-state index in [1.165, 1.54) is 6.92 Å². The first-order valence-corrected chi connectivity index (χ1v) is 7.62. The predicted molar refractivity (Wildman–Crippen MR) is 81.0 cm³/mol. The lowest BCUT2D eigenvalue weighted by molar-refractivity contribution is -0.806. The van der Waals surface area contributed by atoms with E-state index in [4.69, 9.17) is 0 Å². The number of hydrazine groups is 2. The highest BCUT2D eigenvalue weighted by molar-refractivity contribution is 6.05. The zero-order valence-electron chi connectivity index (χ0n) is 14.8. The van der Waals surface area contributed by atoms with Crippen molar-refractivity contribution in [2.24, 2.45) is 0 Å². The van der Waals surface area contributed by atoms with E-state index in [9.17, 15) is 34.8 Å². The fourth-order valence-electron chi connectivity index (χ4n) is 1.89. The van der Waals surface area contributed by atoms with Crippen LogP contribution in [0.2, 0.25) is 0 Å². The molecule has 31 heavy (non-hydrogen) atoms. The van der Waals surface area contributed by atoms with Crippen molar-refractivity contribution in [3.63, 3.8) is 0 Å². The Morgan fingerprint density at radius 1 is 0.774 bits per heavy atom. The maximum absolute atomic E-state index is 12.1. The van der Waals surface area contributed by atoms with E-state index < -0.39 is 51.3 Å². The van der Waals surface area contributed by atoms with Gasteiger partial charge in [-0.3, -0.25) is 54.8 Å². The van der Waals surface area contributed by atoms with Crippen molar-refractivity contribution in [3.05, 3.63) is 50.3 Å². The van der Waals surface area contributed by atoms with Crippen molar-refractivity contribution in [1.29, 1.82) is 0 Å². The Balaban J connectivity index is 1.64. The van der Waals surface area contributed by atoms with Gasteiger partial charge in [0.2, 0.25) is 5.69 Å². The van der Waals surface area contributed by atoms with E-state index >= 15 is 0 Å². The zero-order valence-corrected chi connectivity index (χ0v) is 14.8. The summed E-state index contributed by atoms with van der Waals surface area (Å²) in [5, 5.41) is 42.8. The molecule has 0 atom stereocenters. The molecule has 0 aliphatic heterocycles. The van der Waals surface area contributed by atoms with Gasteiger partial charge in [0.15, 0.2) is 6.20 Å². The Morgan fingerprint density at radius 2 is 1.32 bits per heavy atom. The number of amides is 4. The minimum absolute atomic E-state index is 0.0545. The highest BCUT2D eigenvalue weighted by Gasteiger charge is 2.33. The maximum Gasteiger partial charge on any atom is 0.321 e. The van der Waals surface area contributed by atoms with Crippen molar-refractivity contribution in [1.82, 2.24) is 37.2 Å². The number of rotatable bonds is 4. The van der Waals surface area contributed by atoms with Gasteiger partial charge in [-0.05, 0) is 14.7 Å². The second-order valence-corrected chi connectivity index (χ2v) is 5.28. The lowest BCUT2D eigenvalue weighted by atomic mass is 10.3. The van der Waals surface area contributed by atoms with Crippen LogP contribution in [0.4, 0.5) is 0 Å². The molecule has 0 unspecified atom stereocenters. The molecule has 0 fully saturated rings. The molecular weight excluding hydrogens is 432 g/mol. The Hall–Kier alpha value is -5.30. The summed E-state index contributed by atoms with van der Waals surface area (Å²) in [6, 6.07) is 0. The fraction of sp³-hybridized carbons (Fsp3) is 0.0909. The Kier molecular flexibility index (Phi) is 5.26. The van der Waals surface area contributed by atoms with Crippen LogP contribution in [0.5, 0.6) is 0 Å². The number of nitrogens with zero attached hydrogens (tertiary/aromatic N) is 6. The summed E-state index contributed by atoms with van der Waals surface area (Å²) in [7, 11) is 0. The van der Waals surface area contributed by atoms with E-state index in [-0.39, 0.29) is 15.5 Å². The molecule has 3 aromatic heterocycles. The lowest BCUT2D eigenvalue weighted by Gasteiger charge is -2.04. The lowest BCUT2D eigenvalue weighted by Crippen LogP contribution is -2.48. The molecule has 0 aromatic carbocycles. The van der Waals surface area contributed by atoms with Crippen molar-refractivity contribution < 1.29 is 47.8 Å². The molecule has 0 aliphatic carbocycles. The van der Waals surface area contributed by atoms with Crippen molar-refractivity contribution in [2.75, 3.05) is 0 Å². The standard InChI is InChI=1S/C11H8N10O10/c1-3-5(17-30-20(3)27)9(23)13-14-10(24)6-7(21(28)31-18-6)11(25)15-12-8(22)4-2-19(26)29-16-4/h2H,1H3,(H,12,22)(H,13,23)(H,14,24)(H,15,25). The maximum atomic E-state index is 12.1. The SMILES string of the molecule is Cc1c(C(=O)NNC(=O)c2no[n+]([O-])c2C(=O)NNC(=O)c2c[n+]([O-])on2)no[n+]1[O-]. The molecule has 3 rings (SSSR count). The molecule has 20 nitrogen and oxygen atoms in total. The Morgan fingerprint density at radius 3 is 1.90 bits per heavy atom. The average molecular weight is 440 g/mol. The molecule has 20 heteroatoms. The van der Waals surface area contributed by atoms with Gasteiger partial charge in [0.05, 0.1) is 15.5 Å². The van der Waals surface area contributed by atoms with Crippen LogP contribution < -0.4 is 36.4 Å². The third kappa shape index (κ3) is 4.10. The second-order valence-electron chi connectivity index (χ2n) is 5.28. The van der Waals surface area contributed by atoms with E-state index in [2.05, 4.69) is 29.4 Å². The minimum Gasteiger partial charge on any atom is -0.360 e. The van der Waals surface area contributed by atoms with Crippen molar-refractivity contribution in [3.8, 4) is 0 Å². The summed E-state index contributed by atoms with van der Waals surface area (Å²) in [5.41, 5.74) is 4.09. The molecule has 0 bridgehead atoms. The predicted octanol–water partition coefficient (Wildman–Crippen LogP) is -4.99. The topological polar surface area (TPSA) is 275 Å². The molecule has 4 N–H and O–H groups in total. The van der Waals surface area contributed by atoms with E-state index in [0.29, 0.717) is 6.20 Å². The van der Waals surface area contributed by atoms with E-state index in [1.54, 1.807) is 16.3 Å². The van der Waals surface area contributed by atoms with Gasteiger partial charge in [-0.25, -0.2) is 0 Å². The molecule has 0 aliphatic rings. The first-order chi connectivity index (χ1) is 14.7. The first kappa shape index (κ1) is 20.4. The van der Waals surface area contributed by atoms with Crippen LogP contribution in [-0.4, -0.2) is 39.1 Å². The van der Waals surface area contributed by atoms with Crippen LogP contribution in [0.25, 0.3) is 0 Å². The van der Waals surface area contributed by atoms with Gasteiger partial charge >= 0.3 is 40.7 Å². The van der Waals surface area contributed by atoms with Crippen molar-refractivity contribution in [2.45, 2.75) is 6.92 Å². The normalized spacial score (nSPS) is 10.4. The van der Waals surface area contributed by atoms with Gasteiger partial charge in [-0.15, -0.1) is 0 Å². The largest absolute Gasteiger partial charge is 0.360 e. The van der Waals surface area contributed by atoms with Crippen molar-refractivity contribution >= 4 is 23.6 Å². The van der Waals surface area contributed by atoms with Gasteiger partial charge in [-0.2, -0.15) is 0 Å².